The molecular weight excluding hydrogens is 438 g/mol. The molecule has 2 amide bonds. The zero-order valence-electron chi connectivity index (χ0n) is 15.6. The third-order valence-electron chi connectivity index (χ3n) is 4.91. The zero-order chi connectivity index (χ0) is 20.6. The molecule has 11 heteroatoms. The molecule has 1 N–H and O–H groups in total. The van der Waals surface area contributed by atoms with Crippen molar-refractivity contribution in [2.45, 2.75) is 17.2 Å². The summed E-state index contributed by atoms with van der Waals surface area (Å²) in [5.74, 6) is 1.35. The SMILES string of the molecule is CC(NC(=O)N1CCN(S(=O)(=O)c2ccc(Cl)s2)CC1)c1ccc2c(c1)OCO2. The number of thiophene rings is 1. The molecule has 0 aliphatic carbocycles. The summed E-state index contributed by atoms with van der Waals surface area (Å²) in [6.45, 7) is 3.20. The van der Waals surface area contributed by atoms with Crippen molar-refractivity contribution in [1.29, 1.82) is 0 Å². The van der Waals surface area contributed by atoms with Crippen molar-refractivity contribution in [3.8, 4) is 11.5 Å². The van der Waals surface area contributed by atoms with Crippen molar-refractivity contribution in [2.75, 3.05) is 33.0 Å². The van der Waals surface area contributed by atoms with Gasteiger partial charge >= 0.3 is 6.03 Å². The standard InChI is InChI=1S/C18H20ClN3O5S2/c1-12(13-2-3-14-15(10-13)27-11-26-14)20-18(23)21-6-8-22(9-7-21)29(24,25)17-5-4-16(19)28-17/h2-5,10,12H,6-9,11H2,1H3,(H,20,23). The van der Waals surface area contributed by atoms with E-state index in [2.05, 4.69) is 5.32 Å². The fourth-order valence-corrected chi connectivity index (χ4v) is 6.30. The minimum Gasteiger partial charge on any atom is -0.454 e. The maximum absolute atomic E-state index is 12.7. The molecule has 1 fully saturated rings. The van der Waals surface area contributed by atoms with E-state index in [0.29, 0.717) is 28.9 Å². The van der Waals surface area contributed by atoms with E-state index in [9.17, 15) is 13.2 Å². The number of nitrogens with one attached hydrogen (secondary N) is 1. The van der Waals surface area contributed by atoms with Crippen molar-refractivity contribution in [1.82, 2.24) is 14.5 Å². The van der Waals surface area contributed by atoms with E-state index in [1.165, 1.54) is 10.4 Å². The van der Waals surface area contributed by atoms with Crippen molar-refractivity contribution in [3.63, 3.8) is 0 Å². The van der Waals surface area contributed by atoms with Gasteiger partial charge < -0.3 is 19.7 Å². The topological polar surface area (TPSA) is 88.2 Å². The number of carbonyl (C=O) groups excluding carboxylic acids is 1. The van der Waals surface area contributed by atoms with E-state index in [1.807, 2.05) is 25.1 Å². The van der Waals surface area contributed by atoms with Gasteiger partial charge in [0, 0.05) is 26.2 Å². The second-order valence-electron chi connectivity index (χ2n) is 6.73. The van der Waals surface area contributed by atoms with Crippen molar-refractivity contribution in [2.24, 2.45) is 0 Å². The van der Waals surface area contributed by atoms with E-state index in [4.69, 9.17) is 21.1 Å². The Morgan fingerprint density at radius 2 is 1.86 bits per heavy atom. The largest absolute Gasteiger partial charge is 0.454 e. The summed E-state index contributed by atoms with van der Waals surface area (Å²) in [6.07, 6.45) is 0. The normalized spacial score (nSPS) is 17.9. The Morgan fingerprint density at radius 3 is 2.55 bits per heavy atom. The summed E-state index contributed by atoms with van der Waals surface area (Å²) in [5.41, 5.74) is 0.901. The lowest BCUT2D eigenvalue weighted by molar-refractivity contribution is 0.169. The van der Waals surface area contributed by atoms with Gasteiger partial charge in [0.05, 0.1) is 10.4 Å². The van der Waals surface area contributed by atoms with E-state index in [0.717, 1.165) is 16.9 Å². The maximum atomic E-state index is 12.7. The summed E-state index contributed by atoms with van der Waals surface area (Å²) in [5, 5.41) is 2.95. The Labute approximate surface area is 178 Å². The molecule has 0 radical (unpaired) electrons. The monoisotopic (exact) mass is 457 g/mol. The van der Waals surface area contributed by atoms with Gasteiger partial charge in [-0.05, 0) is 36.8 Å². The van der Waals surface area contributed by atoms with Gasteiger partial charge in [0.2, 0.25) is 6.79 Å². The number of benzene rings is 1. The lowest BCUT2D eigenvalue weighted by Gasteiger charge is -2.34. The van der Waals surface area contributed by atoms with Crippen LogP contribution in [0.15, 0.2) is 34.5 Å². The summed E-state index contributed by atoms with van der Waals surface area (Å²) < 4.78 is 38.1. The van der Waals surface area contributed by atoms with Crippen molar-refractivity contribution >= 4 is 39.0 Å². The Hall–Kier alpha value is -2.01. The van der Waals surface area contributed by atoms with Gasteiger partial charge in [-0.1, -0.05) is 17.7 Å². The molecule has 0 spiro atoms. The van der Waals surface area contributed by atoms with Crippen LogP contribution in [0.2, 0.25) is 4.34 Å². The number of hydrogen-bond donors (Lipinski definition) is 1. The smallest absolute Gasteiger partial charge is 0.317 e. The average Bonchev–Trinajstić information content (AvgIpc) is 3.36. The lowest BCUT2D eigenvalue weighted by Crippen LogP contribution is -2.53. The highest BCUT2D eigenvalue weighted by Crippen LogP contribution is 2.34. The molecule has 3 heterocycles. The number of nitrogens with zero attached hydrogens (tertiary/aromatic N) is 2. The van der Waals surface area contributed by atoms with Gasteiger partial charge in [0.1, 0.15) is 4.21 Å². The number of urea groups is 1. The van der Waals surface area contributed by atoms with Crippen molar-refractivity contribution < 1.29 is 22.7 Å². The van der Waals surface area contributed by atoms with Crippen LogP contribution in [0.4, 0.5) is 4.79 Å². The van der Waals surface area contributed by atoms with Gasteiger partial charge in [0.15, 0.2) is 11.5 Å². The Balaban J connectivity index is 1.34. The molecule has 2 aliphatic heterocycles. The minimum atomic E-state index is -3.58. The van der Waals surface area contributed by atoms with Crippen LogP contribution in [0.1, 0.15) is 18.5 Å². The van der Waals surface area contributed by atoms with Gasteiger partial charge in [0.25, 0.3) is 10.0 Å². The molecule has 1 saturated heterocycles. The van der Waals surface area contributed by atoms with E-state index in [-0.39, 0.29) is 36.2 Å². The third-order valence-corrected chi connectivity index (χ3v) is 8.50. The van der Waals surface area contributed by atoms with Gasteiger partial charge in [-0.15, -0.1) is 11.3 Å². The molecule has 8 nitrogen and oxygen atoms in total. The Bertz CT molecular complexity index is 1020. The predicted molar refractivity (Wildman–Crippen MR) is 109 cm³/mol. The van der Waals surface area contributed by atoms with Crippen LogP contribution in [0, 0.1) is 0 Å². The molecule has 1 unspecified atom stereocenters. The molecule has 1 atom stereocenters. The highest BCUT2D eigenvalue weighted by molar-refractivity contribution is 7.91. The molecular formula is C18H20ClN3O5S2. The first-order valence-electron chi connectivity index (χ1n) is 9.05. The molecule has 2 aromatic rings. The van der Waals surface area contributed by atoms with Crippen LogP contribution in [-0.2, 0) is 10.0 Å². The first-order valence-corrected chi connectivity index (χ1v) is 11.7. The minimum absolute atomic E-state index is 0.199. The number of amides is 2. The average molecular weight is 458 g/mol. The van der Waals surface area contributed by atoms with Crippen LogP contribution in [0.3, 0.4) is 0 Å². The highest BCUT2D eigenvalue weighted by atomic mass is 35.5. The number of ether oxygens (including phenoxy) is 2. The molecule has 2 aliphatic rings. The molecule has 0 bridgehead atoms. The summed E-state index contributed by atoms with van der Waals surface area (Å²) in [4.78, 5) is 14.2. The summed E-state index contributed by atoms with van der Waals surface area (Å²) in [7, 11) is -3.58. The maximum Gasteiger partial charge on any atom is 0.317 e. The predicted octanol–water partition coefficient (Wildman–Crippen LogP) is 2.91. The molecule has 29 heavy (non-hydrogen) atoms. The fraction of sp³-hybridized carbons (Fsp3) is 0.389. The zero-order valence-corrected chi connectivity index (χ0v) is 18.0. The Kier molecular flexibility index (Phi) is 5.60. The number of hydrogen-bond acceptors (Lipinski definition) is 6. The van der Waals surface area contributed by atoms with E-state index in [1.54, 1.807) is 11.0 Å². The van der Waals surface area contributed by atoms with Crippen molar-refractivity contribution in [3.05, 3.63) is 40.2 Å². The fourth-order valence-electron chi connectivity index (χ4n) is 3.24. The molecule has 0 saturated carbocycles. The number of carbonyl (C=O) groups is 1. The van der Waals surface area contributed by atoms with E-state index >= 15 is 0 Å². The number of fused-ring (bicyclic) bond motifs is 1. The number of piperazine rings is 1. The van der Waals surface area contributed by atoms with E-state index < -0.39 is 10.0 Å². The first kappa shape index (κ1) is 20.3. The van der Waals surface area contributed by atoms with Crippen LogP contribution in [-0.4, -0.2) is 56.6 Å². The van der Waals surface area contributed by atoms with Gasteiger partial charge in [-0.3, -0.25) is 0 Å². The highest BCUT2D eigenvalue weighted by Gasteiger charge is 2.31. The summed E-state index contributed by atoms with van der Waals surface area (Å²) >= 11 is 6.89. The molecule has 1 aromatic heterocycles. The second kappa shape index (κ2) is 8.02. The summed E-state index contributed by atoms with van der Waals surface area (Å²) in [6, 6.07) is 8.17. The molecule has 156 valence electrons. The number of rotatable bonds is 4. The first-order chi connectivity index (χ1) is 13.8. The van der Waals surface area contributed by atoms with Crippen LogP contribution < -0.4 is 14.8 Å². The molecule has 1 aromatic carbocycles. The number of halogens is 1. The number of sulfonamides is 1. The Morgan fingerprint density at radius 1 is 1.14 bits per heavy atom. The second-order valence-corrected chi connectivity index (χ2v) is 10.6. The van der Waals surface area contributed by atoms with Crippen LogP contribution in [0.5, 0.6) is 11.5 Å². The molecule has 4 rings (SSSR count). The van der Waals surface area contributed by atoms with Gasteiger partial charge in [-0.25, -0.2) is 13.2 Å². The van der Waals surface area contributed by atoms with Crippen LogP contribution >= 0.6 is 22.9 Å². The van der Waals surface area contributed by atoms with Crippen LogP contribution in [0.25, 0.3) is 0 Å². The third kappa shape index (κ3) is 4.16. The lowest BCUT2D eigenvalue weighted by atomic mass is 10.1. The van der Waals surface area contributed by atoms with Gasteiger partial charge in [-0.2, -0.15) is 4.31 Å². The quantitative estimate of drug-likeness (QED) is 0.762.